The zero-order valence-electron chi connectivity index (χ0n) is 49.4. The molecule has 2 saturated heterocycles. The highest BCUT2D eigenvalue weighted by atomic mass is 28.4. The molecular formula is C57H100O12Si3. The van der Waals surface area contributed by atoms with Crippen LogP contribution in [0.3, 0.4) is 0 Å². The fourth-order valence-electron chi connectivity index (χ4n) is 7.66. The van der Waals surface area contributed by atoms with Gasteiger partial charge in [0, 0.05) is 12.3 Å². The first-order valence-corrected chi connectivity index (χ1v) is 35.0. The standard InChI is InChI=1S/C57H100O12Si3/c1-27-30-43(36-61-70(21,22)54(10,11)12)51(59)62-45(41(9)68-71(23,24)55(13,14)15)33-32-38(6)34-40(8)46(42(29-3)35-39(7)44(31-28-2)69-72(25,26)56(16,17)18)63-52-48-47(64-53(60)65-48)49(57(19,20)67-52)66-50(58)37(4)5/h27-28,30,32,34-35,37,41-42,44-49,52H,1-2,29,31,33,36H2,3-26H3/b38-32-,39-35+,40-34+,43-30-/t41-,42+,44+,45+,46+,47-,48+,49+,52-/m1/s1. The molecular weight excluding hydrogens is 961 g/mol. The van der Waals surface area contributed by atoms with Crippen LogP contribution in [0.5, 0.6) is 0 Å². The second-order valence-electron chi connectivity index (χ2n) is 25.5. The molecule has 0 aliphatic carbocycles. The molecule has 2 rings (SSSR count). The molecule has 9 atom stereocenters. The van der Waals surface area contributed by atoms with E-state index >= 15 is 0 Å². The van der Waals surface area contributed by atoms with E-state index in [0.717, 1.165) is 16.7 Å². The van der Waals surface area contributed by atoms with E-state index in [9.17, 15) is 14.4 Å². The fraction of sp³-hybridized carbons (Fsp3) is 0.737. The third-order valence-corrected chi connectivity index (χ3v) is 29.1. The highest BCUT2D eigenvalue weighted by Crippen LogP contribution is 2.43. The summed E-state index contributed by atoms with van der Waals surface area (Å²) in [7, 11) is -6.69. The molecule has 0 radical (unpaired) electrons. The van der Waals surface area contributed by atoms with Crippen LogP contribution < -0.4 is 0 Å². The first kappa shape index (κ1) is 65.2. The molecule has 0 unspecified atom stereocenters. The molecule has 0 spiro atoms. The van der Waals surface area contributed by atoms with Crippen molar-refractivity contribution in [1.82, 2.24) is 0 Å². The zero-order chi connectivity index (χ0) is 55.7. The summed E-state index contributed by atoms with van der Waals surface area (Å²) in [5.74, 6) is -1.54. The SMILES string of the molecule is C=C/C=C(/CO[Si](C)(C)C(C)(C)C)C(=O)O[C@@H](C/C=C(C)\C=C(/C)[C@H](O[C@@H]1OC(C)(C)[C@@H](OC(=O)C(C)C)[C@@H]2OC(=O)O[C@H]12)[C@H](/C=C(\C)[C@H](CC=C)O[Si](C)(C)C(C)(C)C)CC)[C@@H](C)O[Si](C)(C)C(C)(C)C. The van der Waals surface area contributed by atoms with E-state index in [-0.39, 0.29) is 33.7 Å². The van der Waals surface area contributed by atoms with Crippen LogP contribution in [0.1, 0.15) is 144 Å². The zero-order valence-corrected chi connectivity index (χ0v) is 52.4. The lowest BCUT2D eigenvalue weighted by molar-refractivity contribution is -0.314. The molecule has 2 heterocycles. The fourth-order valence-corrected chi connectivity index (χ4v) is 11.4. The van der Waals surface area contributed by atoms with Crippen LogP contribution in [-0.2, 0) is 51.3 Å². The maximum absolute atomic E-state index is 14.1. The number of ether oxygens (including phenoxy) is 6. The molecule has 2 aliphatic rings. The Kier molecular flexibility index (Phi) is 23.3. The highest BCUT2D eigenvalue weighted by molar-refractivity contribution is 6.75. The lowest BCUT2D eigenvalue weighted by Crippen LogP contribution is -2.63. The number of carbonyl (C=O) groups excluding carboxylic acids is 3. The predicted octanol–water partition coefficient (Wildman–Crippen LogP) is 14.7. The van der Waals surface area contributed by atoms with Gasteiger partial charge in [-0.2, -0.15) is 0 Å². The van der Waals surface area contributed by atoms with Gasteiger partial charge in [0.05, 0.1) is 36.4 Å². The van der Waals surface area contributed by atoms with Crippen LogP contribution >= 0.6 is 0 Å². The smallest absolute Gasteiger partial charge is 0.456 e. The summed E-state index contributed by atoms with van der Waals surface area (Å²) in [5.41, 5.74) is 2.10. The molecule has 72 heavy (non-hydrogen) atoms. The Morgan fingerprint density at radius 1 is 0.792 bits per heavy atom. The van der Waals surface area contributed by atoms with Crippen LogP contribution in [0.4, 0.5) is 4.79 Å². The average molecular weight is 1060 g/mol. The summed E-state index contributed by atoms with van der Waals surface area (Å²) >= 11 is 0. The molecule has 0 N–H and O–H groups in total. The third-order valence-electron chi connectivity index (χ3n) is 15.5. The van der Waals surface area contributed by atoms with Crippen molar-refractivity contribution < 1.29 is 56.1 Å². The van der Waals surface area contributed by atoms with Crippen LogP contribution in [0.15, 0.2) is 71.9 Å². The molecule has 15 heteroatoms. The molecule has 0 aromatic heterocycles. The van der Waals surface area contributed by atoms with Gasteiger partial charge in [-0.1, -0.05) is 132 Å². The monoisotopic (exact) mass is 1060 g/mol. The van der Waals surface area contributed by atoms with Gasteiger partial charge in [0.15, 0.2) is 49.6 Å². The molecule has 0 saturated carbocycles. The minimum atomic E-state index is -2.30. The molecule has 0 aromatic carbocycles. The van der Waals surface area contributed by atoms with Gasteiger partial charge in [-0.15, -0.1) is 6.58 Å². The van der Waals surface area contributed by atoms with E-state index < -0.39 is 97.5 Å². The second kappa shape index (κ2) is 25.8. The van der Waals surface area contributed by atoms with E-state index in [4.69, 9.17) is 41.7 Å². The van der Waals surface area contributed by atoms with Crippen molar-refractivity contribution >= 4 is 43.0 Å². The van der Waals surface area contributed by atoms with Crippen molar-refractivity contribution in [2.45, 2.75) is 253 Å². The van der Waals surface area contributed by atoms with Crippen molar-refractivity contribution in [3.05, 3.63) is 71.9 Å². The van der Waals surface area contributed by atoms with Crippen molar-refractivity contribution in [3.63, 3.8) is 0 Å². The Hall–Kier alpha value is -2.90. The van der Waals surface area contributed by atoms with Crippen molar-refractivity contribution in [1.29, 1.82) is 0 Å². The topological polar surface area (TPSA) is 134 Å². The molecule has 412 valence electrons. The Labute approximate surface area is 440 Å². The number of carbonyl (C=O) groups is 3. The molecule has 0 bridgehead atoms. The van der Waals surface area contributed by atoms with Gasteiger partial charge in [0.25, 0.3) is 0 Å². The Bertz CT molecular complexity index is 1990. The first-order chi connectivity index (χ1) is 32.7. The van der Waals surface area contributed by atoms with Crippen LogP contribution in [0, 0.1) is 11.8 Å². The summed E-state index contributed by atoms with van der Waals surface area (Å²) in [6.45, 7) is 58.4. The summed E-state index contributed by atoms with van der Waals surface area (Å²) < 4.78 is 58.0. The molecule has 2 aliphatic heterocycles. The van der Waals surface area contributed by atoms with Gasteiger partial charge < -0.3 is 41.7 Å². The maximum atomic E-state index is 14.1. The normalized spacial score (nSPS) is 23.0. The Morgan fingerprint density at radius 2 is 1.33 bits per heavy atom. The van der Waals surface area contributed by atoms with E-state index in [1.807, 2.05) is 26.8 Å². The van der Waals surface area contributed by atoms with Crippen molar-refractivity contribution in [3.8, 4) is 0 Å². The minimum Gasteiger partial charge on any atom is -0.456 e. The van der Waals surface area contributed by atoms with E-state index in [0.29, 0.717) is 24.8 Å². The second-order valence-corrected chi connectivity index (χ2v) is 39.8. The average Bonchev–Trinajstić information content (AvgIpc) is 3.62. The van der Waals surface area contributed by atoms with Crippen molar-refractivity contribution in [2.75, 3.05) is 6.61 Å². The summed E-state index contributed by atoms with van der Waals surface area (Å²) in [6, 6.07) is 0. The Morgan fingerprint density at radius 3 is 1.83 bits per heavy atom. The van der Waals surface area contributed by atoms with E-state index in [2.05, 4.69) is 147 Å². The number of hydrogen-bond donors (Lipinski definition) is 0. The van der Waals surface area contributed by atoms with Crippen LogP contribution in [0.25, 0.3) is 0 Å². The van der Waals surface area contributed by atoms with Crippen molar-refractivity contribution in [2.24, 2.45) is 11.8 Å². The van der Waals surface area contributed by atoms with Gasteiger partial charge in [0.2, 0.25) is 0 Å². The van der Waals surface area contributed by atoms with Gasteiger partial charge in [-0.05, 0) is 120 Å². The largest absolute Gasteiger partial charge is 0.509 e. The number of allylic oxidation sites excluding steroid dienone is 4. The van der Waals surface area contributed by atoms with Gasteiger partial charge >= 0.3 is 18.1 Å². The summed E-state index contributed by atoms with van der Waals surface area (Å²) in [4.78, 5) is 40.0. The van der Waals surface area contributed by atoms with Gasteiger partial charge in [-0.25, -0.2) is 9.59 Å². The maximum Gasteiger partial charge on any atom is 0.509 e. The van der Waals surface area contributed by atoms with E-state index in [1.165, 1.54) is 0 Å². The number of rotatable bonds is 25. The highest BCUT2D eigenvalue weighted by Gasteiger charge is 2.60. The number of esters is 2. The summed E-state index contributed by atoms with van der Waals surface area (Å²) in [5, 5.41) is -0.133. The number of fused-ring (bicyclic) bond motifs is 1. The van der Waals surface area contributed by atoms with Gasteiger partial charge in [0.1, 0.15) is 11.7 Å². The molecule has 2 fully saturated rings. The molecule has 0 aromatic rings. The first-order valence-electron chi connectivity index (χ1n) is 26.2. The summed E-state index contributed by atoms with van der Waals surface area (Å²) in [6.07, 6.45) is 6.44. The quantitative estimate of drug-likeness (QED) is 0.0215. The minimum absolute atomic E-state index is 0.00876. The number of hydrogen-bond acceptors (Lipinski definition) is 12. The lowest BCUT2D eigenvalue weighted by Gasteiger charge is -2.46. The molecule has 0 amide bonds. The van der Waals surface area contributed by atoms with Crippen LogP contribution in [-0.4, -0.2) is 104 Å². The third kappa shape index (κ3) is 17.9. The predicted molar refractivity (Wildman–Crippen MR) is 299 cm³/mol. The van der Waals surface area contributed by atoms with Crippen LogP contribution in [0.2, 0.25) is 54.4 Å². The van der Waals surface area contributed by atoms with Gasteiger partial charge in [-0.3, -0.25) is 4.79 Å². The Balaban J connectivity index is 2.78. The van der Waals surface area contributed by atoms with E-state index in [1.54, 1.807) is 39.8 Å². The lowest BCUT2D eigenvalue weighted by atomic mass is 9.88. The molecule has 12 nitrogen and oxygen atoms in total.